The summed E-state index contributed by atoms with van der Waals surface area (Å²) in [5.41, 5.74) is 11.3. The predicted octanol–water partition coefficient (Wildman–Crippen LogP) is 14.6. The summed E-state index contributed by atoms with van der Waals surface area (Å²) < 4.78 is 16.2. The maximum Gasteiger partial charge on any atom is 0.227 e. The van der Waals surface area contributed by atoms with Crippen molar-refractivity contribution < 1.29 is 8.83 Å². The minimum Gasteiger partial charge on any atom is -0.454 e. The van der Waals surface area contributed by atoms with Crippen molar-refractivity contribution in [1.82, 2.24) is 4.98 Å². The summed E-state index contributed by atoms with van der Waals surface area (Å²) in [4.78, 5) is 7.35. The van der Waals surface area contributed by atoms with Crippen LogP contribution in [0.2, 0.25) is 0 Å². The van der Waals surface area contributed by atoms with E-state index in [9.17, 15) is 0 Å². The number of anilines is 3. The van der Waals surface area contributed by atoms with Gasteiger partial charge < -0.3 is 13.7 Å². The van der Waals surface area contributed by atoms with Crippen LogP contribution in [-0.4, -0.2) is 4.98 Å². The quantitative estimate of drug-likeness (QED) is 0.172. The van der Waals surface area contributed by atoms with E-state index in [1.165, 1.54) is 25.7 Å². The molecular weight excluding hydrogens is 681 g/mol. The van der Waals surface area contributed by atoms with Crippen molar-refractivity contribution in [2.45, 2.75) is 0 Å². The van der Waals surface area contributed by atoms with Crippen molar-refractivity contribution in [1.29, 1.82) is 0 Å². The zero-order valence-electron chi connectivity index (χ0n) is 28.9. The Balaban J connectivity index is 1.17. The molecule has 3 aromatic heterocycles. The molecule has 0 spiro atoms. The molecule has 0 atom stereocenters. The van der Waals surface area contributed by atoms with E-state index >= 15 is 0 Å². The third-order valence-electron chi connectivity index (χ3n) is 10.3. The first kappa shape index (κ1) is 30.7. The third-order valence-corrected chi connectivity index (χ3v) is 11.5. The molecule has 0 aliphatic carbocycles. The number of fused-ring (bicyclic) bond motifs is 7. The zero-order chi connectivity index (χ0) is 35.6. The summed E-state index contributed by atoms with van der Waals surface area (Å²) in [6, 6.07) is 63.7. The van der Waals surface area contributed by atoms with Crippen LogP contribution in [0.3, 0.4) is 0 Å². The van der Waals surface area contributed by atoms with Crippen LogP contribution in [0.4, 0.5) is 17.1 Å². The Kier molecular flexibility index (Phi) is 7.00. The second kappa shape index (κ2) is 12.3. The van der Waals surface area contributed by atoms with Gasteiger partial charge in [-0.25, -0.2) is 4.98 Å². The van der Waals surface area contributed by atoms with Crippen LogP contribution in [0.15, 0.2) is 191 Å². The molecule has 0 amide bonds. The van der Waals surface area contributed by atoms with Gasteiger partial charge in [-0.1, -0.05) is 127 Å². The van der Waals surface area contributed by atoms with Gasteiger partial charge in [0.2, 0.25) is 5.89 Å². The molecule has 11 rings (SSSR count). The number of nitrogens with zero attached hydrogens (tertiary/aromatic N) is 2. The lowest BCUT2D eigenvalue weighted by Crippen LogP contribution is -2.11. The summed E-state index contributed by atoms with van der Waals surface area (Å²) in [5, 5.41) is 4.60. The van der Waals surface area contributed by atoms with Gasteiger partial charge in [0.1, 0.15) is 16.8 Å². The number of aromatic nitrogens is 1. The summed E-state index contributed by atoms with van der Waals surface area (Å²) in [5.74, 6) is 0.563. The number of oxazole rings is 1. The van der Waals surface area contributed by atoms with Gasteiger partial charge in [0, 0.05) is 47.9 Å². The number of furan rings is 1. The van der Waals surface area contributed by atoms with Crippen LogP contribution in [-0.2, 0) is 0 Å². The average molecular weight is 711 g/mol. The molecule has 8 aromatic carbocycles. The van der Waals surface area contributed by atoms with Crippen molar-refractivity contribution in [3.05, 3.63) is 182 Å². The zero-order valence-corrected chi connectivity index (χ0v) is 29.8. The molecule has 0 fully saturated rings. The number of para-hydroxylation sites is 1. The van der Waals surface area contributed by atoms with Crippen molar-refractivity contribution in [3.63, 3.8) is 0 Å². The smallest absolute Gasteiger partial charge is 0.227 e. The maximum absolute atomic E-state index is 6.79. The lowest BCUT2D eigenvalue weighted by molar-refractivity contribution is 0.618. The molecule has 0 unspecified atom stereocenters. The molecular formula is C49H30N2O2S. The van der Waals surface area contributed by atoms with Gasteiger partial charge in [-0.2, -0.15) is 0 Å². The first-order valence-electron chi connectivity index (χ1n) is 18.0. The monoisotopic (exact) mass is 710 g/mol. The Bertz CT molecular complexity index is 3160. The molecule has 5 heteroatoms. The highest BCUT2D eigenvalue weighted by molar-refractivity contribution is 7.26. The molecule has 0 saturated carbocycles. The lowest BCUT2D eigenvalue weighted by atomic mass is 10.0. The average Bonchev–Trinajstić information content (AvgIpc) is 3.95. The van der Waals surface area contributed by atoms with E-state index in [-0.39, 0.29) is 0 Å². The summed E-state index contributed by atoms with van der Waals surface area (Å²) in [6.07, 6.45) is 0. The van der Waals surface area contributed by atoms with Gasteiger partial charge >= 0.3 is 0 Å². The Hall–Kier alpha value is -6.95. The molecule has 0 saturated heterocycles. The van der Waals surface area contributed by atoms with Gasteiger partial charge in [-0.05, 0) is 76.9 Å². The number of hydrogen-bond donors (Lipinski definition) is 0. The van der Waals surface area contributed by atoms with Crippen LogP contribution in [0, 0.1) is 0 Å². The van der Waals surface area contributed by atoms with E-state index in [0.717, 1.165) is 66.8 Å². The highest BCUT2D eigenvalue weighted by Crippen LogP contribution is 2.48. The normalized spacial score (nSPS) is 11.7. The van der Waals surface area contributed by atoms with Gasteiger partial charge in [-0.3, -0.25) is 0 Å². The molecule has 11 aromatic rings. The highest BCUT2D eigenvalue weighted by Gasteiger charge is 2.27. The number of benzene rings is 8. The fraction of sp³-hybridized carbons (Fsp3) is 0. The lowest BCUT2D eigenvalue weighted by Gasteiger charge is -2.26. The van der Waals surface area contributed by atoms with Crippen LogP contribution >= 0.6 is 11.3 Å². The van der Waals surface area contributed by atoms with Crippen molar-refractivity contribution in [2.75, 3.05) is 4.90 Å². The Morgan fingerprint density at radius 2 is 1.13 bits per heavy atom. The minimum absolute atomic E-state index is 0.563. The number of hydrogen-bond acceptors (Lipinski definition) is 5. The Labute approximate surface area is 314 Å². The van der Waals surface area contributed by atoms with Crippen LogP contribution in [0.5, 0.6) is 0 Å². The van der Waals surface area contributed by atoms with E-state index < -0.39 is 0 Å². The summed E-state index contributed by atoms with van der Waals surface area (Å²) in [6.45, 7) is 0. The first-order chi connectivity index (χ1) is 26.8. The fourth-order valence-corrected chi connectivity index (χ4v) is 9.00. The number of rotatable bonds is 6. The van der Waals surface area contributed by atoms with Gasteiger partial charge in [0.15, 0.2) is 11.2 Å². The largest absolute Gasteiger partial charge is 0.454 e. The molecule has 4 nitrogen and oxygen atoms in total. The van der Waals surface area contributed by atoms with Crippen molar-refractivity contribution in [3.8, 4) is 33.7 Å². The topological polar surface area (TPSA) is 42.4 Å². The van der Waals surface area contributed by atoms with Gasteiger partial charge in [0.25, 0.3) is 0 Å². The minimum atomic E-state index is 0.563. The van der Waals surface area contributed by atoms with E-state index in [0.29, 0.717) is 11.5 Å². The van der Waals surface area contributed by atoms with Crippen LogP contribution < -0.4 is 4.90 Å². The molecule has 0 N–H and O–H groups in total. The standard InChI is InChI=1S/C49H30N2O2S/c1-3-13-31(14-4-1)34-17-11-18-36(29-34)51(35-27-25-32(26-28-35)37-21-12-22-40-39-20-8-10-24-44(39)54-48(37)40)45-46-41(38-19-7-9-23-43(38)52-46)30-42-47(45)53-49(50-42)33-15-5-2-6-16-33/h1-30H. The van der Waals surface area contributed by atoms with Gasteiger partial charge in [0.05, 0.1) is 0 Å². The Morgan fingerprint density at radius 1 is 0.444 bits per heavy atom. The second-order valence-electron chi connectivity index (χ2n) is 13.5. The van der Waals surface area contributed by atoms with E-state index in [4.69, 9.17) is 13.8 Å². The predicted molar refractivity (Wildman–Crippen MR) is 225 cm³/mol. The maximum atomic E-state index is 6.79. The van der Waals surface area contributed by atoms with Gasteiger partial charge in [-0.15, -0.1) is 11.3 Å². The summed E-state index contributed by atoms with van der Waals surface area (Å²) >= 11 is 1.85. The van der Waals surface area contributed by atoms with Crippen LogP contribution in [0.1, 0.15) is 0 Å². The highest BCUT2D eigenvalue weighted by atomic mass is 32.1. The molecule has 54 heavy (non-hydrogen) atoms. The third kappa shape index (κ3) is 4.94. The molecule has 254 valence electrons. The molecule has 0 radical (unpaired) electrons. The molecule has 0 bridgehead atoms. The van der Waals surface area contributed by atoms with Crippen molar-refractivity contribution >= 4 is 81.6 Å². The van der Waals surface area contributed by atoms with E-state index in [1.54, 1.807) is 0 Å². The van der Waals surface area contributed by atoms with Crippen LogP contribution in [0.25, 0.3) is 86.9 Å². The van der Waals surface area contributed by atoms with E-state index in [2.05, 4.69) is 138 Å². The summed E-state index contributed by atoms with van der Waals surface area (Å²) in [7, 11) is 0. The first-order valence-corrected chi connectivity index (χ1v) is 18.8. The Morgan fingerprint density at radius 3 is 1.96 bits per heavy atom. The fourth-order valence-electron chi connectivity index (χ4n) is 7.76. The molecule has 0 aliphatic rings. The second-order valence-corrected chi connectivity index (χ2v) is 14.6. The molecule has 0 aliphatic heterocycles. The van der Waals surface area contributed by atoms with Crippen molar-refractivity contribution in [2.24, 2.45) is 0 Å². The number of thiophene rings is 1. The molecule has 3 heterocycles. The SMILES string of the molecule is c1ccc(-c2cccc(N(c3ccc(-c4cccc5c4sc4ccccc45)cc3)c3c4oc(-c5ccccc5)nc4cc4c3oc3ccccc34)c2)cc1. The van der Waals surface area contributed by atoms with E-state index in [1.807, 2.05) is 59.9 Å².